The van der Waals surface area contributed by atoms with E-state index in [1.807, 2.05) is 53.7 Å². The monoisotopic (exact) mass is 1240 g/mol. The highest BCUT2D eigenvalue weighted by Crippen LogP contribution is 2.61. The fourth-order valence-corrected chi connectivity index (χ4v) is 17.0. The van der Waals surface area contributed by atoms with Gasteiger partial charge < -0.3 is 88.1 Å². The number of carbonyl (C=O) groups is 3. The number of aliphatic hydroxyl groups is 6. The molecule has 10 aliphatic rings. The SMILES string of the molecule is CCC1C=CC2/C=C(\C)C(OC3CC(C)(O)C(NC(C)=O)C(C)O3)C(C)/C=C(/C)C3C=CC4C(OC5CC(O)C(OC6CC(OC7CCC(O)C(C)O7)C(OC7CC(O)C(O)C(C)O7)C(C)O6)C(C)O5)C(C)CC(C)C4C3(C)/C(O)=C3/C(=O)OC2(C1)C3=O. The molecule has 4 aliphatic carbocycles. The molecule has 1 amide bonds. The van der Waals surface area contributed by atoms with Gasteiger partial charge in [-0.25, -0.2) is 4.79 Å². The van der Waals surface area contributed by atoms with Crippen molar-refractivity contribution >= 4 is 17.7 Å². The number of nitrogens with one attached hydrogen (secondary N) is 1. The number of allylic oxidation sites excluding steroid dienone is 4. The Morgan fingerprint density at radius 3 is 1.92 bits per heavy atom. The molecule has 1 spiro atoms. The van der Waals surface area contributed by atoms with Gasteiger partial charge in [0.25, 0.3) is 0 Å². The highest BCUT2D eigenvalue weighted by Gasteiger charge is 2.64. The van der Waals surface area contributed by atoms with E-state index in [1.165, 1.54) is 6.92 Å². The van der Waals surface area contributed by atoms with Crippen molar-refractivity contribution in [3.05, 3.63) is 58.9 Å². The second-order valence-electron chi connectivity index (χ2n) is 28.3. The van der Waals surface area contributed by atoms with Crippen LogP contribution in [0.1, 0.15) is 155 Å². The lowest BCUT2D eigenvalue weighted by Crippen LogP contribution is -2.62. The summed E-state index contributed by atoms with van der Waals surface area (Å²) in [7, 11) is 0. The van der Waals surface area contributed by atoms with Crippen LogP contribution in [0.25, 0.3) is 0 Å². The third-order valence-corrected chi connectivity index (χ3v) is 21.6. The van der Waals surface area contributed by atoms with Crippen LogP contribution in [-0.4, -0.2) is 182 Å². The standard InChI is InChI=1S/C67H101NO20/c1-15-41-16-17-42-24-34(6)57(87-53-29-65(13,77)61(39(11)82-53)68-40(12)69)32(4)22-30(2)44-19-18-43-55(66(44,14)62(74)54-63(75)67(42,28-41)88-64(54)76)31(3)23-33(5)58(43)84-51-26-47(72)59(37(9)80-51)85-52-27-48(83-49-21-20-45(70)35(7)78-49)60(38(10)81-52)86-50-25-46(71)56(73)36(8)79-50/h16-19,22,24,31-33,35-39,41-53,55-61,70-74,77H,15,20-21,23,25-29H2,1-14H3,(H,68,69)/b30-22-,34-24+,62-54-. The number of hydrogen-bond donors (Lipinski definition) is 7. The summed E-state index contributed by atoms with van der Waals surface area (Å²) in [6.45, 7) is 26.2. The molecule has 6 heterocycles. The zero-order chi connectivity index (χ0) is 63.8. The molecule has 6 saturated heterocycles. The first-order valence-electron chi connectivity index (χ1n) is 32.7. The molecule has 31 atom stereocenters. The van der Waals surface area contributed by atoms with Crippen LogP contribution in [0.15, 0.2) is 58.9 Å². The highest BCUT2D eigenvalue weighted by molar-refractivity contribution is 6.26. The molecule has 1 saturated carbocycles. The summed E-state index contributed by atoms with van der Waals surface area (Å²) in [6.07, 6.45) is 0.521. The van der Waals surface area contributed by atoms with Gasteiger partial charge in [0.05, 0.1) is 78.8 Å². The Morgan fingerprint density at radius 1 is 0.648 bits per heavy atom. The first kappa shape index (κ1) is 67.4. The van der Waals surface area contributed by atoms with E-state index >= 15 is 4.79 Å². The van der Waals surface area contributed by atoms with Gasteiger partial charge in [-0.1, -0.05) is 76.6 Å². The Bertz CT molecular complexity index is 2670. The Morgan fingerprint density at radius 2 is 1.27 bits per heavy atom. The van der Waals surface area contributed by atoms with E-state index in [2.05, 4.69) is 50.4 Å². The van der Waals surface area contributed by atoms with Gasteiger partial charge in [-0.3, -0.25) is 9.59 Å². The van der Waals surface area contributed by atoms with Crippen LogP contribution in [-0.2, 0) is 66.5 Å². The minimum Gasteiger partial charge on any atom is -0.511 e. The summed E-state index contributed by atoms with van der Waals surface area (Å²) < 4.78 is 71.8. The third-order valence-electron chi connectivity index (χ3n) is 21.6. The van der Waals surface area contributed by atoms with E-state index in [0.717, 1.165) is 11.1 Å². The number of ketones is 1. The lowest BCUT2D eigenvalue weighted by atomic mass is 9.49. The van der Waals surface area contributed by atoms with Gasteiger partial charge in [-0.2, -0.15) is 0 Å². The molecule has 7 N–H and O–H groups in total. The number of amides is 1. The van der Waals surface area contributed by atoms with Gasteiger partial charge in [-0.05, 0) is 104 Å². The average Bonchev–Trinajstić information content (AvgIpc) is 1.99. The number of Topliss-reactive ketones (excluding diaryl/α,β-unsaturated/α-hetero) is 1. The predicted molar refractivity (Wildman–Crippen MR) is 318 cm³/mol. The first-order chi connectivity index (χ1) is 41.4. The van der Waals surface area contributed by atoms with Gasteiger partial charge in [0.1, 0.15) is 29.6 Å². The molecule has 0 aromatic carbocycles. The average molecular weight is 1240 g/mol. The molecule has 21 heteroatoms. The minimum absolute atomic E-state index is 0.0322. The van der Waals surface area contributed by atoms with Gasteiger partial charge in [0.15, 0.2) is 37.1 Å². The minimum atomic E-state index is -1.65. The fourth-order valence-electron chi connectivity index (χ4n) is 17.0. The predicted octanol–water partition coefficient (Wildman–Crippen LogP) is 6.60. The van der Waals surface area contributed by atoms with Crippen LogP contribution in [0.5, 0.6) is 0 Å². The number of rotatable bonds is 12. The van der Waals surface area contributed by atoms with Gasteiger partial charge in [-0.15, -0.1) is 0 Å². The van der Waals surface area contributed by atoms with E-state index < -0.39 is 169 Å². The van der Waals surface area contributed by atoms with Crippen molar-refractivity contribution in [3.8, 4) is 0 Å². The molecule has 0 aromatic rings. The van der Waals surface area contributed by atoms with Crippen LogP contribution >= 0.6 is 0 Å². The van der Waals surface area contributed by atoms with E-state index in [0.29, 0.717) is 25.7 Å². The second-order valence-corrected chi connectivity index (χ2v) is 28.3. The molecule has 6 aliphatic heterocycles. The van der Waals surface area contributed by atoms with Gasteiger partial charge in [0.2, 0.25) is 11.7 Å². The quantitative estimate of drug-likeness (QED) is 0.0615. The zero-order valence-electron chi connectivity index (χ0n) is 53.9. The van der Waals surface area contributed by atoms with Crippen molar-refractivity contribution in [2.75, 3.05) is 0 Å². The van der Waals surface area contributed by atoms with Crippen LogP contribution in [0.3, 0.4) is 0 Å². The molecule has 31 unspecified atom stereocenters. The van der Waals surface area contributed by atoms with Crippen molar-refractivity contribution in [3.63, 3.8) is 0 Å². The smallest absolute Gasteiger partial charge is 0.346 e. The Labute approximate surface area is 518 Å². The molecule has 88 heavy (non-hydrogen) atoms. The number of hydrogen-bond acceptors (Lipinski definition) is 20. The molecule has 0 radical (unpaired) electrons. The van der Waals surface area contributed by atoms with Gasteiger partial charge >= 0.3 is 5.97 Å². The maximum atomic E-state index is 15.6. The second kappa shape index (κ2) is 26.5. The molecule has 10 rings (SSSR count). The normalized spacial score (nSPS) is 52.0. The Kier molecular flexibility index (Phi) is 20.3. The maximum absolute atomic E-state index is 15.6. The third kappa shape index (κ3) is 13.1. The summed E-state index contributed by atoms with van der Waals surface area (Å²) in [5.74, 6) is -4.60. The maximum Gasteiger partial charge on any atom is 0.346 e. The summed E-state index contributed by atoms with van der Waals surface area (Å²) in [5.41, 5.74) is -3.02. The van der Waals surface area contributed by atoms with Crippen molar-refractivity contribution < 1.29 is 97.1 Å². The van der Waals surface area contributed by atoms with Crippen LogP contribution < -0.4 is 5.32 Å². The summed E-state index contributed by atoms with van der Waals surface area (Å²) in [4.78, 5) is 42.6. The number of carbonyl (C=O) groups excluding carboxylic acids is 3. The highest BCUT2D eigenvalue weighted by atomic mass is 16.8. The molecule has 21 nitrogen and oxygen atoms in total. The van der Waals surface area contributed by atoms with Crippen LogP contribution in [0.2, 0.25) is 0 Å². The first-order valence-corrected chi connectivity index (χ1v) is 32.7. The van der Waals surface area contributed by atoms with Crippen LogP contribution in [0, 0.1) is 52.8 Å². The van der Waals surface area contributed by atoms with E-state index in [9.17, 15) is 40.2 Å². The van der Waals surface area contributed by atoms with E-state index in [1.54, 1.807) is 27.7 Å². The summed E-state index contributed by atoms with van der Waals surface area (Å²) >= 11 is 0. The topological polar surface area (TPSA) is 286 Å². The summed E-state index contributed by atoms with van der Waals surface area (Å²) in [5, 5.41) is 71.4. The van der Waals surface area contributed by atoms with Crippen molar-refractivity contribution in [2.45, 2.75) is 289 Å². The fraction of sp³-hybridized carbons (Fsp3) is 0.806. The van der Waals surface area contributed by atoms with Crippen LogP contribution in [0.4, 0.5) is 0 Å². The largest absolute Gasteiger partial charge is 0.511 e. The van der Waals surface area contributed by atoms with Gasteiger partial charge in [0, 0.05) is 74.5 Å². The summed E-state index contributed by atoms with van der Waals surface area (Å²) in [6, 6.07) is -0.684. The molecule has 0 aromatic heterocycles. The number of ether oxygens (including phenoxy) is 11. The number of aliphatic hydroxyl groups excluding tert-OH is 5. The number of fused-ring (bicyclic) bond motifs is 4. The van der Waals surface area contributed by atoms with E-state index in [4.69, 9.17) is 52.1 Å². The Hall–Kier alpha value is -3.49. The molecule has 2 bridgehead atoms. The van der Waals surface area contributed by atoms with Crippen molar-refractivity contribution in [1.82, 2.24) is 5.32 Å². The zero-order valence-corrected chi connectivity index (χ0v) is 53.9. The molecular weight excluding hydrogens is 1140 g/mol. The lowest BCUT2D eigenvalue weighted by molar-refractivity contribution is -0.352. The Balaban J connectivity index is 0.913. The molecule has 7 fully saturated rings. The molecule has 494 valence electrons. The molecular formula is C67H101NO20. The van der Waals surface area contributed by atoms with Crippen molar-refractivity contribution in [2.24, 2.45) is 52.8 Å². The van der Waals surface area contributed by atoms with E-state index in [-0.39, 0.29) is 78.9 Å². The lowest BCUT2D eigenvalue weighted by Gasteiger charge is -2.57. The number of esters is 1. The van der Waals surface area contributed by atoms with Crippen molar-refractivity contribution in [1.29, 1.82) is 0 Å².